The Kier molecular flexibility index (Phi) is 4.42. The fourth-order valence-electron chi connectivity index (χ4n) is 3.00. The number of rotatable bonds is 4. The molecule has 23 heavy (non-hydrogen) atoms. The van der Waals surface area contributed by atoms with E-state index in [0.717, 1.165) is 56.2 Å². The zero-order chi connectivity index (χ0) is 16.4. The summed E-state index contributed by atoms with van der Waals surface area (Å²) >= 11 is 0. The summed E-state index contributed by atoms with van der Waals surface area (Å²) in [6.07, 6.45) is 1.74. The van der Waals surface area contributed by atoms with E-state index in [-0.39, 0.29) is 5.56 Å². The molecule has 0 spiro atoms. The maximum Gasteiger partial charge on any atom is 0.269 e. The largest absolute Gasteiger partial charge is 0.367 e. The highest BCUT2D eigenvalue weighted by molar-refractivity contribution is 5.50. The number of piperazine rings is 1. The van der Waals surface area contributed by atoms with Crippen molar-refractivity contribution in [2.45, 2.75) is 33.9 Å². The molecule has 1 aliphatic heterocycles. The summed E-state index contributed by atoms with van der Waals surface area (Å²) in [7, 11) is 0. The van der Waals surface area contributed by atoms with E-state index in [2.05, 4.69) is 37.2 Å². The van der Waals surface area contributed by atoms with Crippen LogP contribution in [0.1, 0.15) is 23.9 Å². The van der Waals surface area contributed by atoms with Crippen LogP contribution in [0.25, 0.3) is 0 Å². The van der Waals surface area contributed by atoms with E-state index in [0.29, 0.717) is 0 Å². The predicted molar refractivity (Wildman–Crippen MR) is 87.5 cm³/mol. The molecule has 0 bridgehead atoms. The molecule has 1 saturated heterocycles. The lowest BCUT2D eigenvalue weighted by Gasteiger charge is -2.36. The Balaban J connectivity index is 1.66. The predicted octanol–water partition coefficient (Wildman–Crippen LogP) is 0.320. The Morgan fingerprint density at radius 1 is 1.22 bits per heavy atom. The van der Waals surface area contributed by atoms with Gasteiger partial charge in [0.1, 0.15) is 0 Å². The fraction of sp³-hybridized carbons (Fsp3) is 0.600. The zero-order valence-electron chi connectivity index (χ0n) is 13.9. The third-order valence-corrected chi connectivity index (χ3v) is 4.50. The van der Waals surface area contributed by atoms with Gasteiger partial charge in [0.2, 0.25) is 0 Å². The highest BCUT2D eigenvalue weighted by Gasteiger charge is 2.21. The molecule has 3 rings (SSSR count). The van der Waals surface area contributed by atoms with E-state index >= 15 is 0 Å². The average molecular weight is 317 g/mol. The first-order valence-corrected chi connectivity index (χ1v) is 8.00. The second kappa shape index (κ2) is 6.49. The van der Waals surface area contributed by atoms with Crippen LogP contribution < -0.4 is 10.5 Å². The van der Waals surface area contributed by atoms with E-state index in [9.17, 15) is 4.79 Å². The van der Waals surface area contributed by atoms with Crippen LogP contribution in [0.4, 0.5) is 5.69 Å². The number of aromatic amines is 1. The summed E-state index contributed by atoms with van der Waals surface area (Å²) in [5.41, 5.74) is 3.75. The molecule has 3 heterocycles. The third kappa shape index (κ3) is 3.12. The zero-order valence-corrected chi connectivity index (χ0v) is 13.9. The van der Waals surface area contributed by atoms with E-state index in [4.69, 9.17) is 0 Å². The third-order valence-electron chi connectivity index (χ3n) is 4.50. The quantitative estimate of drug-likeness (QED) is 0.874. The van der Waals surface area contributed by atoms with Gasteiger partial charge in [0.15, 0.2) is 0 Å². The Bertz CT molecular complexity index is 728. The second-order valence-corrected chi connectivity index (χ2v) is 5.91. The van der Waals surface area contributed by atoms with Gasteiger partial charge < -0.3 is 4.90 Å². The Morgan fingerprint density at radius 3 is 2.65 bits per heavy atom. The van der Waals surface area contributed by atoms with Gasteiger partial charge >= 0.3 is 0 Å². The number of nitrogens with zero attached hydrogens (tertiary/aromatic N) is 6. The van der Waals surface area contributed by atoms with Gasteiger partial charge in [-0.1, -0.05) is 5.21 Å². The number of hydrogen-bond donors (Lipinski definition) is 1. The van der Waals surface area contributed by atoms with Crippen molar-refractivity contribution in [3.05, 3.63) is 33.5 Å². The van der Waals surface area contributed by atoms with Crippen molar-refractivity contribution >= 4 is 5.69 Å². The maximum atomic E-state index is 11.7. The molecule has 0 aromatic carbocycles. The normalized spacial score (nSPS) is 16.0. The second-order valence-electron chi connectivity index (χ2n) is 5.91. The molecule has 1 N–H and O–H groups in total. The molecule has 0 radical (unpaired) electrons. The van der Waals surface area contributed by atoms with Gasteiger partial charge in [-0.3, -0.25) is 9.69 Å². The van der Waals surface area contributed by atoms with Crippen LogP contribution in [0.2, 0.25) is 0 Å². The Hall–Kier alpha value is -2.22. The molecular formula is C15H23N7O. The molecule has 0 unspecified atom stereocenters. The van der Waals surface area contributed by atoms with Crippen LogP contribution in [0.3, 0.4) is 0 Å². The topological polar surface area (TPSA) is 82.9 Å². The van der Waals surface area contributed by atoms with Gasteiger partial charge in [0, 0.05) is 44.8 Å². The molecule has 8 nitrogen and oxygen atoms in total. The van der Waals surface area contributed by atoms with Crippen LogP contribution in [0.5, 0.6) is 0 Å². The van der Waals surface area contributed by atoms with Crippen LogP contribution in [0, 0.1) is 13.8 Å². The number of hydrogen-bond acceptors (Lipinski definition) is 6. The standard InChI is InChI=1S/C15H23N7O/c1-4-22-14(12(3)17-19-22)10-20-5-7-21(8-6-20)13-9-16-18-15(23)11(13)2/h9H,4-8,10H2,1-3H3,(H,18,23). The number of aryl methyl sites for hydroxylation is 2. The smallest absolute Gasteiger partial charge is 0.269 e. The first-order chi connectivity index (χ1) is 11.1. The van der Waals surface area contributed by atoms with E-state index < -0.39 is 0 Å². The number of anilines is 1. The first kappa shape index (κ1) is 15.7. The highest BCUT2D eigenvalue weighted by atomic mass is 16.1. The molecule has 1 aliphatic rings. The molecule has 0 aliphatic carbocycles. The van der Waals surface area contributed by atoms with E-state index in [1.165, 1.54) is 5.69 Å². The van der Waals surface area contributed by atoms with Crippen LogP contribution in [-0.4, -0.2) is 56.3 Å². The van der Waals surface area contributed by atoms with Crippen LogP contribution >= 0.6 is 0 Å². The lowest BCUT2D eigenvalue weighted by Crippen LogP contribution is -2.46. The summed E-state index contributed by atoms with van der Waals surface area (Å²) < 4.78 is 1.96. The molecule has 0 amide bonds. The van der Waals surface area contributed by atoms with Gasteiger partial charge in [-0.15, -0.1) is 5.10 Å². The molecule has 1 fully saturated rings. The van der Waals surface area contributed by atoms with Crippen molar-refractivity contribution < 1.29 is 0 Å². The molecule has 124 valence electrons. The lowest BCUT2D eigenvalue weighted by atomic mass is 10.2. The number of nitrogens with one attached hydrogen (secondary N) is 1. The molecule has 2 aromatic heterocycles. The molecule has 8 heteroatoms. The SMILES string of the molecule is CCn1nnc(C)c1CN1CCN(c2cn[nH]c(=O)c2C)CC1. The lowest BCUT2D eigenvalue weighted by molar-refractivity contribution is 0.242. The highest BCUT2D eigenvalue weighted by Crippen LogP contribution is 2.18. The molecule has 0 saturated carbocycles. The van der Waals surface area contributed by atoms with Gasteiger partial charge in [-0.05, 0) is 20.8 Å². The van der Waals surface area contributed by atoms with Crippen LogP contribution in [0.15, 0.2) is 11.0 Å². The van der Waals surface area contributed by atoms with Crippen molar-refractivity contribution in [3.8, 4) is 0 Å². The minimum absolute atomic E-state index is 0.113. The van der Waals surface area contributed by atoms with Gasteiger partial charge in [-0.25, -0.2) is 9.78 Å². The molecule has 2 aromatic rings. The van der Waals surface area contributed by atoms with Crippen molar-refractivity contribution in [1.82, 2.24) is 30.1 Å². The van der Waals surface area contributed by atoms with E-state index in [1.54, 1.807) is 6.20 Å². The summed E-state index contributed by atoms with van der Waals surface area (Å²) in [4.78, 5) is 16.3. The number of H-pyrrole nitrogens is 1. The van der Waals surface area contributed by atoms with Gasteiger partial charge in [0.05, 0.1) is 23.3 Å². The van der Waals surface area contributed by atoms with Crippen LogP contribution in [-0.2, 0) is 13.1 Å². The Morgan fingerprint density at radius 2 is 1.96 bits per heavy atom. The van der Waals surface area contributed by atoms with Crippen molar-refractivity contribution in [2.75, 3.05) is 31.1 Å². The average Bonchev–Trinajstić information content (AvgIpc) is 2.91. The number of aromatic nitrogens is 5. The van der Waals surface area contributed by atoms with Crippen molar-refractivity contribution in [2.24, 2.45) is 0 Å². The first-order valence-electron chi connectivity index (χ1n) is 8.00. The van der Waals surface area contributed by atoms with Gasteiger partial charge in [0.25, 0.3) is 5.56 Å². The minimum atomic E-state index is -0.113. The van der Waals surface area contributed by atoms with Crippen molar-refractivity contribution in [1.29, 1.82) is 0 Å². The summed E-state index contributed by atoms with van der Waals surface area (Å²) in [5.74, 6) is 0. The minimum Gasteiger partial charge on any atom is -0.367 e. The fourth-order valence-corrected chi connectivity index (χ4v) is 3.00. The summed E-state index contributed by atoms with van der Waals surface area (Å²) in [5, 5.41) is 14.7. The monoisotopic (exact) mass is 317 g/mol. The van der Waals surface area contributed by atoms with Crippen molar-refractivity contribution in [3.63, 3.8) is 0 Å². The van der Waals surface area contributed by atoms with E-state index in [1.807, 2.05) is 18.5 Å². The van der Waals surface area contributed by atoms with Gasteiger partial charge in [-0.2, -0.15) is 5.10 Å². The molecule has 0 atom stereocenters. The molecular weight excluding hydrogens is 294 g/mol. The summed E-state index contributed by atoms with van der Waals surface area (Å²) in [6.45, 7) is 11.3. The summed E-state index contributed by atoms with van der Waals surface area (Å²) in [6, 6.07) is 0. The maximum absolute atomic E-state index is 11.7. The Labute approximate surface area is 135 Å².